The number of aryl methyl sites for hydroxylation is 2. The first-order valence-corrected chi connectivity index (χ1v) is 19.0. The van der Waals surface area contributed by atoms with E-state index in [1.165, 1.54) is 5.39 Å². The van der Waals surface area contributed by atoms with Crippen LogP contribution in [0.5, 0.6) is 23.0 Å². The van der Waals surface area contributed by atoms with Gasteiger partial charge in [0, 0.05) is 0 Å². The van der Waals surface area contributed by atoms with Crippen LogP contribution in [0.25, 0.3) is 65.3 Å². The second-order valence-corrected chi connectivity index (χ2v) is 15.1. The zero-order valence-corrected chi connectivity index (χ0v) is 27.8. The van der Waals surface area contributed by atoms with Gasteiger partial charge >= 0.3 is 279 Å². The van der Waals surface area contributed by atoms with Crippen LogP contribution in [-0.2, 0) is 12.8 Å². The number of phenols is 1. The molecule has 8 aromatic carbocycles. The van der Waals surface area contributed by atoms with E-state index in [4.69, 9.17) is 10.6 Å². The van der Waals surface area contributed by atoms with Crippen LogP contribution in [-0.4, -0.2) is 22.4 Å². The summed E-state index contributed by atoms with van der Waals surface area (Å²) in [5.41, 5.74) is 6.00. The van der Waals surface area contributed by atoms with Crippen LogP contribution >= 0.6 is 0 Å². The molecule has 222 valence electrons. The molecule has 47 heavy (non-hydrogen) atoms. The zero-order valence-electron chi connectivity index (χ0n) is 25.4. The van der Waals surface area contributed by atoms with Gasteiger partial charge in [0.05, 0.1) is 0 Å². The van der Waals surface area contributed by atoms with Gasteiger partial charge in [-0.15, -0.1) is 0 Å². The summed E-state index contributed by atoms with van der Waals surface area (Å²) in [5, 5.41) is 20.3. The number of fused-ring (bicyclic) bond motifs is 10. The van der Waals surface area contributed by atoms with Crippen LogP contribution in [0.1, 0.15) is 11.1 Å². The number of hydrogen-bond acceptors (Lipinski definition) is 4. The van der Waals surface area contributed by atoms with E-state index in [0.717, 1.165) is 101 Å². The summed E-state index contributed by atoms with van der Waals surface area (Å²) in [5.74, 6) is 2.61. The molecule has 2 aliphatic rings. The SMILES string of the molecule is Oc1ccc2ccccc2c1-c1c2c(cc3ccccc13)CCc1cc3ccccc3c3c1[O][Ga]([O]c1ccc4ccccc4c1-3)[O]2. The summed E-state index contributed by atoms with van der Waals surface area (Å²) in [6.45, 7) is 0. The minimum absolute atomic E-state index is 0.217. The normalized spacial score (nSPS) is 13.5. The van der Waals surface area contributed by atoms with E-state index in [9.17, 15) is 5.11 Å². The Kier molecular flexibility index (Phi) is 5.89. The maximum atomic E-state index is 11.6. The summed E-state index contributed by atoms with van der Waals surface area (Å²) in [4.78, 5) is 0. The van der Waals surface area contributed by atoms with Crippen molar-refractivity contribution in [2.24, 2.45) is 0 Å². The van der Waals surface area contributed by atoms with Crippen molar-refractivity contribution in [2.45, 2.75) is 12.8 Å². The number of rotatable bonds is 1. The number of phenolic OH excluding ortho intramolecular Hbond substituents is 1. The molecule has 8 aromatic rings. The Bertz CT molecular complexity index is 2590. The van der Waals surface area contributed by atoms with Crippen molar-refractivity contribution in [1.29, 1.82) is 0 Å². The summed E-state index contributed by atoms with van der Waals surface area (Å²) in [6.07, 6.45) is 1.50. The number of benzene rings is 8. The molecule has 0 saturated heterocycles. The topological polar surface area (TPSA) is 47.9 Å². The fourth-order valence-corrected chi connectivity index (χ4v) is 10.8. The molecular formula is C42H27GaO4. The molecule has 0 unspecified atom stereocenters. The fraction of sp³-hybridized carbons (Fsp3) is 0.0476. The van der Waals surface area contributed by atoms with Crippen LogP contribution in [0.2, 0.25) is 0 Å². The zero-order chi connectivity index (χ0) is 31.1. The first-order chi connectivity index (χ1) is 23.2. The Balaban J connectivity index is 1.29. The maximum absolute atomic E-state index is 11.6. The van der Waals surface area contributed by atoms with Crippen molar-refractivity contribution in [3.63, 3.8) is 0 Å². The molecular weight excluding hydrogens is 638 g/mol. The van der Waals surface area contributed by atoms with E-state index in [-0.39, 0.29) is 5.75 Å². The first kappa shape index (κ1) is 26.8. The third-order valence-electron chi connectivity index (χ3n) is 9.77. The Hall–Kier alpha value is -5.36. The molecule has 10 rings (SSSR count). The average molecular weight is 665 g/mol. The van der Waals surface area contributed by atoms with Gasteiger partial charge in [-0.25, -0.2) is 0 Å². The molecule has 0 saturated carbocycles. The van der Waals surface area contributed by atoms with Gasteiger partial charge in [0.2, 0.25) is 0 Å². The summed E-state index contributed by atoms with van der Waals surface area (Å²) in [6, 6.07) is 46.1. The van der Waals surface area contributed by atoms with Gasteiger partial charge in [0.15, 0.2) is 0 Å². The summed E-state index contributed by atoms with van der Waals surface area (Å²) in [7, 11) is 0. The van der Waals surface area contributed by atoms with E-state index < -0.39 is 17.3 Å². The van der Waals surface area contributed by atoms with Crippen molar-refractivity contribution in [2.75, 3.05) is 0 Å². The molecule has 0 aliphatic carbocycles. The molecule has 0 amide bonds. The molecule has 0 aromatic heterocycles. The molecule has 2 heterocycles. The Labute approximate surface area is 277 Å². The standard InChI is InChI=1S/C42H30O4.Ga/c43-35-21-19-25-9-1-5-13-31(25)37(35)39-33-15-7-3-11-27(33)23-29(41(39)45)17-18-30-24-28-12-4-8-16-34(28)40(42(30)46)38-32-14-6-2-10-26(32)20-22-36(38)44;/h1-16,19-24,43-46H,17-18H2;/q;+3/p-3. The van der Waals surface area contributed by atoms with Crippen molar-refractivity contribution >= 4 is 60.4 Å². The second kappa shape index (κ2) is 10.3. The van der Waals surface area contributed by atoms with Crippen LogP contribution in [0, 0.1) is 0 Å². The van der Waals surface area contributed by atoms with Crippen molar-refractivity contribution < 1.29 is 15.7 Å². The number of aromatic hydroxyl groups is 1. The van der Waals surface area contributed by atoms with E-state index in [2.05, 4.69) is 103 Å². The molecule has 0 atom stereocenters. The predicted molar refractivity (Wildman–Crippen MR) is 190 cm³/mol. The van der Waals surface area contributed by atoms with E-state index >= 15 is 0 Å². The van der Waals surface area contributed by atoms with Gasteiger partial charge < -0.3 is 0 Å². The second-order valence-electron chi connectivity index (χ2n) is 12.4. The van der Waals surface area contributed by atoms with E-state index in [1.54, 1.807) is 6.07 Å². The number of hydrogen-bond donors (Lipinski definition) is 1. The molecule has 1 N–H and O–H groups in total. The van der Waals surface area contributed by atoms with Gasteiger partial charge in [-0.1, -0.05) is 0 Å². The van der Waals surface area contributed by atoms with Gasteiger partial charge in [-0.05, 0) is 0 Å². The Morgan fingerprint density at radius 3 is 1.45 bits per heavy atom. The van der Waals surface area contributed by atoms with E-state index in [0.29, 0.717) is 0 Å². The van der Waals surface area contributed by atoms with Crippen LogP contribution in [0.15, 0.2) is 133 Å². The molecule has 0 fully saturated rings. The molecule has 2 aliphatic heterocycles. The fourth-order valence-electron chi connectivity index (χ4n) is 7.68. The Morgan fingerprint density at radius 2 is 0.872 bits per heavy atom. The van der Waals surface area contributed by atoms with Crippen molar-refractivity contribution in [3.05, 3.63) is 145 Å². The van der Waals surface area contributed by atoms with Gasteiger partial charge in [-0.2, -0.15) is 0 Å². The summed E-state index contributed by atoms with van der Waals surface area (Å²) < 4.78 is 21.2. The predicted octanol–water partition coefficient (Wildman–Crippen LogP) is 10.3. The molecule has 2 bridgehead atoms. The van der Waals surface area contributed by atoms with Gasteiger partial charge in [-0.3, -0.25) is 0 Å². The third kappa shape index (κ3) is 4.10. The summed E-state index contributed by atoms with van der Waals surface area (Å²) >= 11 is -3.59. The monoisotopic (exact) mass is 664 g/mol. The molecule has 4 nitrogen and oxygen atoms in total. The van der Waals surface area contributed by atoms with Crippen molar-refractivity contribution in [1.82, 2.24) is 0 Å². The minimum atomic E-state index is -3.59. The van der Waals surface area contributed by atoms with Crippen LogP contribution in [0.4, 0.5) is 0 Å². The Morgan fingerprint density at radius 1 is 0.426 bits per heavy atom. The van der Waals surface area contributed by atoms with Crippen LogP contribution in [0.3, 0.4) is 0 Å². The molecule has 0 radical (unpaired) electrons. The van der Waals surface area contributed by atoms with Crippen LogP contribution < -0.4 is 10.6 Å². The molecule has 0 spiro atoms. The average Bonchev–Trinajstić information content (AvgIpc) is 3.23. The third-order valence-corrected chi connectivity index (χ3v) is 12.5. The van der Waals surface area contributed by atoms with Gasteiger partial charge in [0.1, 0.15) is 0 Å². The quantitative estimate of drug-likeness (QED) is 0.177. The van der Waals surface area contributed by atoms with E-state index in [1.807, 2.05) is 24.3 Å². The first-order valence-electron chi connectivity index (χ1n) is 16.0. The van der Waals surface area contributed by atoms with Gasteiger partial charge in [0.25, 0.3) is 0 Å². The van der Waals surface area contributed by atoms with Crippen molar-refractivity contribution in [3.8, 4) is 45.3 Å². The molecule has 5 heteroatoms.